The molecule has 0 aliphatic carbocycles. The van der Waals surface area contributed by atoms with E-state index in [9.17, 15) is 4.79 Å². The fourth-order valence-electron chi connectivity index (χ4n) is 3.43. The van der Waals surface area contributed by atoms with Gasteiger partial charge >= 0.3 is 0 Å². The summed E-state index contributed by atoms with van der Waals surface area (Å²) in [4.78, 5) is 14.6. The van der Waals surface area contributed by atoms with Gasteiger partial charge in [0.05, 0.1) is 20.3 Å². The summed E-state index contributed by atoms with van der Waals surface area (Å²) in [6.45, 7) is 3.72. The molecule has 4 rings (SSSR count). The van der Waals surface area contributed by atoms with Gasteiger partial charge in [-0.1, -0.05) is 36.4 Å². The second-order valence-corrected chi connectivity index (χ2v) is 6.77. The number of rotatable bonds is 6. The third-order valence-electron chi connectivity index (χ3n) is 4.95. The van der Waals surface area contributed by atoms with Crippen LogP contribution in [0.15, 0.2) is 52.9 Å². The van der Waals surface area contributed by atoms with Gasteiger partial charge in [-0.15, -0.1) is 0 Å². The van der Waals surface area contributed by atoms with Crippen molar-refractivity contribution < 1.29 is 18.7 Å². The molecule has 1 N–H and O–H groups in total. The lowest BCUT2D eigenvalue weighted by Gasteiger charge is -2.25. The molecular weight excluding hydrogens is 356 g/mol. The maximum atomic E-state index is 12.8. The molecule has 0 atom stereocenters. The quantitative estimate of drug-likeness (QED) is 0.711. The molecule has 2 heterocycles. The van der Waals surface area contributed by atoms with Gasteiger partial charge in [0, 0.05) is 31.6 Å². The molecule has 1 aliphatic heterocycles. The van der Waals surface area contributed by atoms with Crippen molar-refractivity contribution in [3.8, 4) is 5.75 Å². The molecule has 146 valence electrons. The van der Waals surface area contributed by atoms with Crippen LogP contribution in [0.4, 0.5) is 0 Å². The maximum absolute atomic E-state index is 12.8. The highest BCUT2D eigenvalue weighted by molar-refractivity contribution is 5.98. The van der Waals surface area contributed by atoms with Crippen LogP contribution in [-0.4, -0.2) is 44.2 Å². The maximum Gasteiger partial charge on any atom is 0.289 e. The zero-order valence-electron chi connectivity index (χ0n) is 15.9. The van der Waals surface area contributed by atoms with Gasteiger partial charge in [-0.2, -0.15) is 0 Å². The molecule has 2 aromatic carbocycles. The van der Waals surface area contributed by atoms with Gasteiger partial charge in [0.2, 0.25) is 0 Å². The Kier molecular flexibility index (Phi) is 5.60. The van der Waals surface area contributed by atoms with E-state index in [-0.39, 0.29) is 5.91 Å². The highest BCUT2D eigenvalue weighted by atomic mass is 16.5. The molecule has 0 radical (unpaired) electrons. The Morgan fingerprint density at radius 2 is 1.89 bits per heavy atom. The van der Waals surface area contributed by atoms with E-state index in [0.717, 1.165) is 17.5 Å². The van der Waals surface area contributed by atoms with Crippen molar-refractivity contribution in [1.29, 1.82) is 0 Å². The van der Waals surface area contributed by atoms with Crippen molar-refractivity contribution in [3.05, 3.63) is 65.4 Å². The van der Waals surface area contributed by atoms with E-state index in [4.69, 9.17) is 13.9 Å². The monoisotopic (exact) mass is 380 g/mol. The SMILES string of the molecule is COc1ccc(CNCc2ccccc2)c2cc(C(=O)N3CCOCC3)oc12. The second-order valence-electron chi connectivity index (χ2n) is 6.77. The number of hydrogen-bond donors (Lipinski definition) is 1. The molecule has 28 heavy (non-hydrogen) atoms. The standard InChI is InChI=1S/C22H24N2O4/c1-26-19-8-7-17(15-23-14-16-5-3-2-4-6-16)18-13-20(28-21(18)19)22(25)24-9-11-27-12-10-24/h2-8,13,23H,9-12,14-15H2,1H3. The Bertz CT molecular complexity index is 946. The number of fused-ring (bicyclic) bond motifs is 1. The molecular formula is C22H24N2O4. The third kappa shape index (κ3) is 3.88. The number of nitrogens with one attached hydrogen (secondary N) is 1. The Morgan fingerprint density at radius 3 is 2.64 bits per heavy atom. The highest BCUT2D eigenvalue weighted by Gasteiger charge is 2.23. The van der Waals surface area contributed by atoms with Crippen LogP contribution in [0.5, 0.6) is 5.75 Å². The summed E-state index contributed by atoms with van der Waals surface area (Å²) in [5, 5.41) is 4.35. The van der Waals surface area contributed by atoms with Gasteiger partial charge in [-0.25, -0.2) is 0 Å². The summed E-state index contributed by atoms with van der Waals surface area (Å²) < 4.78 is 16.7. The average molecular weight is 380 g/mol. The molecule has 1 aliphatic rings. The van der Waals surface area contributed by atoms with Crippen LogP contribution in [0.3, 0.4) is 0 Å². The van der Waals surface area contributed by atoms with E-state index < -0.39 is 0 Å². The first-order valence-electron chi connectivity index (χ1n) is 9.47. The van der Waals surface area contributed by atoms with Crippen LogP contribution < -0.4 is 10.1 Å². The first-order valence-corrected chi connectivity index (χ1v) is 9.47. The van der Waals surface area contributed by atoms with E-state index in [1.165, 1.54) is 5.56 Å². The Labute approximate surface area is 164 Å². The number of methoxy groups -OCH3 is 1. The van der Waals surface area contributed by atoms with E-state index in [2.05, 4.69) is 17.4 Å². The lowest BCUT2D eigenvalue weighted by molar-refractivity contribution is 0.0284. The number of benzene rings is 2. The predicted octanol–water partition coefficient (Wildman–Crippen LogP) is 3.20. The summed E-state index contributed by atoms with van der Waals surface area (Å²) >= 11 is 0. The molecule has 1 saturated heterocycles. The number of amides is 1. The summed E-state index contributed by atoms with van der Waals surface area (Å²) in [6, 6.07) is 16.0. The Morgan fingerprint density at radius 1 is 1.11 bits per heavy atom. The topological polar surface area (TPSA) is 63.9 Å². The number of carbonyl (C=O) groups excluding carboxylic acids is 1. The minimum atomic E-state index is -0.107. The molecule has 0 unspecified atom stereocenters. The van der Waals surface area contributed by atoms with Crippen molar-refractivity contribution >= 4 is 16.9 Å². The first kappa shape index (κ1) is 18.5. The van der Waals surface area contributed by atoms with Crippen molar-refractivity contribution in [3.63, 3.8) is 0 Å². The average Bonchev–Trinajstić information content (AvgIpc) is 3.20. The third-order valence-corrected chi connectivity index (χ3v) is 4.95. The van der Waals surface area contributed by atoms with Gasteiger partial charge in [0.15, 0.2) is 17.1 Å². The van der Waals surface area contributed by atoms with Crippen molar-refractivity contribution in [2.24, 2.45) is 0 Å². The van der Waals surface area contributed by atoms with E-state index in [1.54, 1.807) is 12.0 Å². The lowest BCUT2D eigenvalue weighted by atomic mass is 10.1. The van der Waals surface area contributed by atoms with E-state index >= 15 is 0 Å². The van der Waals surface area contributed by atoms with Gasteiger partial charge in [0.1, 0.15) is 0 Å². The molecule has 1 fully saturated rings. The summed E-state index contributed by atoms with van der Waals surface area (Å²) in [6.07, 6.45) is 0. The lowest BCUT2D eigenvalue weighted by Crippen LogP contribution is -2.40. The zero-order valence-corrected chi connectivity index (χ0v) is 15.9. The van der Waals surface area contributed by atoms with Crippen LogP contribution in [-0.2, 0) is 17.8 Å². The van der Waals surface area contributed by atoms with Gasteiger partial charge in [0.25, 0.3) is 5.91 Å². The predicted molar refractivity (Wildman–Crippen MR) is 106 cm³/mol. The molecule has 3 aromatic rings. The summed E-state index contributed by atoms with van der Waals surface area (Å²) in [5.41, 5.74) is 2.90. The number of carbonyl (C=O) groups is 1. The van der Waals surface area contributed by atoms with Crippen LogP contribution in [0.25, 0.3) is 11.0 Å². The minimum absolute atomic E-state index is 0.107. The first-order chi connectivity index (χ1) is 13.8. The fourth-order valence-corrected chi connectivity index (χ4v) is 3.43. The fraction of sp³-hybridized carbons (Fsp3) is 0.318. The smallest absolute Gasteiger partial charge is 0.289 e. The van der Waals surface area contributed by atoms with Crippen molar-refractivity contribution in [1.82, 2.24) is 10.2 Å². The molecule has 0 saturated carbocycles. The van der Waals surface area contributed by atoms with Crippen LogP contribution in [0, 0.1) is 0 Å². The van der Waals surface area contributed by atoms with Crippen molar-refractivity contribution in [2.75, 3.05) is 33.4 Å². The molecule has 6 heteroatoms. The number of furan rings is 1. The minimum Gasteiger partial charge on any atom is -0.493 e. The molecule has 1 amide bonds. The van der Waals surface area contributed by atoms with Gasteiger partial charge in [-0.05, 0) is 23.3 Å². The Hall–Kier alpha value is -2.83. The molecule has 0 spiro atoms. The molecule has 1 aromatic heterocycles. The highest BCUT2D eigenvalue weighted by Crippen LogP contribution is 2.32. The van der Waals surface area contributed by atoms with Crippen LogP contribution >= 0.6 is 0 Å². The van der Waals surface area contributed by atoms with Crippen LogP contribution in [0.1, 0.15) is 21.7 Å². The number of nitrogens with zero attached hydrogens (tertiary/aromatic N) is 1. The van der Waals surface area contributed by atoms with Gasteiger partial charge < -0.3 is 24.1 Å². The van der Waals surface area contributed by atoms with Gasteiger partial charge in [-0.3, -0.25) is 4.79 Å². The van der Waals surface area contributed by atoms with E-state index in [1.807, 2.05) is 36.4 Å². The molecule has 6 nitrogen and oxygen atoms in total. The Balaban J connectivity index is 1.56. The second kappa shape index (κ2) is 8.46. The van der Waals surface area contributed by atoms with Crippen molar-refractivity contribution in [2.45, 2.75) is 13.1 Å². The number of morpholine rings is 1. The summed E-state index contributed by atoms with van der Waals surface area (Å²) in [7, 11) is 1.61. The largest absolute Gasteiger partial charge is 0.493 e. The number of ether oxygens (including phenoxy) is 2. The number of hydrogen-bond acceptors (Lipinski definition) is 5. The summed E-state index contributed by atoms with van der Waals surface area (Å²) in [5.74, 6) is 0.860. The normalized spacial score (nSPS) is 14.4. The van der Waals surface area contributed by atoms with E-state index in [0.29, 0.717) is 49.9 Å². The van der Waals surface area contributed by atoms with Crippen LogP contribution in [0.2, 0.25) is 0 Å². The molecule has 0 bridgehead atoms. The zero-order chi connectivity index (χ0) is 19.3.